The van der Waals surface area contributed by atoms with Gasteiger partial charge in [-0.05, 0) is 53.9 Å². The van der Waals surface area contributed by atoms with E-state index in [9.17, 15) is 9.18 Å². The molecule has 10 heteroatoms. The normalized spacial score (nSPS) is 16.0. The number of amides is 1. The summed E-state index contributed by atoms with van der Waals surface area (Å²) >= 11 is 1.64. The van der Waals surface area contributed by atoms with Crippen LogP contribution in [0.5, 0.6) is 0 Å². The number of fused-ring (bicyclic) bond motifs is 4. The molecule has 214 valence electrons. The Bertz CT molecular complexity index is 1790. The maximum atomic E-state index is 13.7. The van der Waals surface area contributed by atoms with Gasteiger partial charge in [-0.3, -0.25) is 9.69 Å². The summed E-state index contributed by atoms with van der Waals surface area (Å²) in [5.41, 5.74) is 4.16. The van der Waals surface area contributed by atoms with Crippen molar-refractivity contribution in [2.45, 2.75) is 19.5 Å². The van der Waals surface area contributed by atoms with Gasteiger partial charge in [-0.2, -0.15) is 0 Å². The molecule has 5 heterocycles. The van der Waals surface area contributed by atoms with E-state index in [4.69, 9.17) is 4.74 Å². The fourth-order valence-corrected chi connectivity index (χ4v) is 6.99. The molecule has 42 heavy (non-hydrogen) atoms. The molecule has 1 amide bonds. The molecule has 5 aromatic rings. The van der Waals surface area contributed by atoms with Crippen molar-refractivity contribution in [1.82, 2.24) is 24.3 Å². The molecule has 0 saturated carbocycles. The largest absolute Gasteiger partial charge is 0.379 e. The van der Waals surface area contributed by atoms with E-state index in [0.29, 0.717) is 19.6 Å². The molecule has 0 bridgehead atoms. The molecule has 1 fully saturated rings. The molecule has 1 N–H and O–H groups in total. The summed E-state index contributed by atoms with van der Waals surface area (Å²) in [6.45, 7) is 5.94. The Morgan fingerprint density at radius 2 is 2.00 bits per heavy atom. The second-order valence-electron chi connectivity index (χ2n) is 10.7. The molecule has 0 atom stereocenters. The van der Waals surface area contributed by atoms with Crippen molar-refractivity contribution in [3.63, 3.8) is 0 Å². The summed E-state index contributed by atoms with van der Waals surface area (Å²) in [4.78, 5) is 28.4. The number of benzene rings is 2. The number of halogens is 1. The Morgan fingerprint density at radius 1 is 1.10 bits per heavy atom. The molecule has 2 aliphatic heterocycles. The third-order valence-corrected chi connectivity index (χ3v) is 9.08. The lowest BCUT2D eigenvalue weighted by Crippen LogP contribution is -2.37. The van der Waals surface area contributed by atoms with Crippen LogP contribution in [0.2, 0.25) is 0 Å². The molecule has 0 aliphatic carbocycles. The van der Waals surface area contributed by atoms with E-state index in [2.05, 4.69) is 43.0 Å². The molecular weight excluding hydrogens is 551 g/mol. The Balaban J connectivity index is 1.07. The van der Waals surface area contributed by atoms with Crippen molar-refractivity contribution >= 4 is 49.9 Å². The van der Waals surface area contributed by atoms with Gasteiger partial charge in [-0.25, -0.2) is 14.4 Å². The van der Waals surface area contributed by atoms with Crippen LogP contribution in [0.15, 0.2) is 73.2 Å². The average molecular weight is 583 g/mol. The van der Waals surface area contributed by atoms with Gasteiger partial charge in [0.25, 0.3) is 0 Å². The number of carbonyl (C=O) groups is 1. The minimum atomic E-state index is -0.224. The van der Waals surface area contributed by atoms with Crippen LogP contribution in [0.4, 0.5) is 15.9 Å². The van der Waals surface area contributed by atoms with E-state index >= 15 is 0 Å². The number of hydrogen-bond donors (Lipinski definition) is 1. The van der Waals surface area contributed by atoms with Crippen LogP contribution in [0.3, 0.4) is 0 Å². The first-order valence-electron chi connectivity index (χ1n) is 14.2. The zero-order valence-corrected chi connectivity index (χ0v) is 23.9. The zero-order valence-electron chi connectivity index (χ0n) is 23.1. The quantitative estimate of drug-likeness (QED) is 0.261. The van der Waals surface area contributed by atoms with E-state index in [1.807, 2.05) is 29.3 Å². The van der Waals surface area contributed by atoms with Gasteiger partial charge in [0.05, 0.1) is 25.1 Å². The van der Waals surface area contributed by atoms with Crippen molar-refractivity contribution in [2.75, 3.05) is 44.7 Å². The van der Waals surface area contributed by atoms with E-state index in [-0.39, 0.29) is 11.7 Å². The highest BCUT2D eigenvalue weighted by atomic mass is 32.1. The fourth-order valence-electron chi connectivity index (χ4n) is 5.79. The van der Waals surface area contributed by atoms with Crippen LogP contribution in [-0.2, 0) is 29.0 Å². The Morgan fingerprint density at radius 3 is 2.88 bits per heavy atom. The number of thiophene rings is 1. The van der Waals surface area contributed by atoms with Crippen LogP contribution >= 0.6 is 11.3 Å². The second-order valence-corrected chi connectivity index (χ2v) is 11.8. The third kappa shape index (κ3) is 5.53. The molecule has 2 aromatic carbocycles. The lowest BCUT2D eigenvalue weighted by atomic mass is 10.0. The first-order valence-corrected chi connectivity index (χ1v) is 15.0. The molecule has 3 aromatic heterocycles. The second kappa shape index (κ2) is 11.6. The summed E-state index contributed by atoms with van der Waals surface area (Å²) in [7, 11) is 0. The average Bonchev–Trinajstić information content (AvgIpc) is 3.58. The first-order chi connectivity index (χ1) is 20.6. The van der Waals surface area contributed by atoms with Crippen LogP contribution in [0.1, 0.15) is 16.0 Å². The number of hydrogen-bond acceptors (Lipinski definition) is 7. The zero-order chi connectivity index (χ0) is 28.5. The van der Waals surface area contributed by atoms with Gasteiger partial charge in [0.2, 0.25) is 5.91 Å². The number of nitrogens with zero attached hydrogens (tertiary/aromatic N) is 5. The van der Waals surface area contributed by atoms with Gasteiger partial charge in [0.1, 0.15) is 22.8 Å². The predicted molar refractivity (Wildman–Crippen MR) is 164 cm³/mol. The lowest BCUT2D eigenvalue weighted by molar-refractivity contribution is -0.126. The van der Waals surface area contributed by atoms with Crippen LogP contribution < -0.4 is 5.32 Å². The van der Waals surface area contributed by atoms with E-state index in [1.54, 1.807) is 35.9 Å². The Kier molecular flexibility index (Phi) is 7.41. The van der Waals surface area contributed by atoms with Gasteiger partial charge in [-0.15, -0.1) is 11.3 Å². The monoisotopic (exact) mass is 582 g/mol. The molecule has 2 aliphatic rings. The van der Waals surface area contributed by atoms with Gasteiger partial charge in [0, 0.05) is 66.5 Å². The standard InChI is InChI=1S/C32H31FN6O2S/c33-24-4-1-3-22(17-24)19-38-11-8-23-18-25(6-7-27(23)38)36-31-30-26-9-12-39(20-28(26)42-32(30)35-21-34-31)29(40)5-2-10-37-13-15-41-16-14-37/h1-8,11,17-18,21H,9-10,12-16,19-20H2,(H,34,35,36)/b5-2+. The van der Waals surface area contributed by atoms with Crippen molar-refractivity contribution in [2.24, 2.45) is 0 Å². The maximum absolute atomic E-state index is 13.7. The summed E-state index contributed by atoms with van der Waals surface area (Å²) in [6, 6.07) is 15.0. The number of anilines is 2. The van der Waals surface area contributed by atoms with Crippen LogP contribution in [0, 0.1) is 5.82 Å². The van der Waals surface area contributed by atoms with Gasteiger partial charge >= 0.3 is 0 Å². The van der Waals surface area contributed by atoms with E-state index in [1.165, 1.54) is 16.5 Å². The number of aromatic nitrogens is 3. The summed E-state index contributed by atoms with van der Waals surface area (Å²) in [6.07, 6.45) is 8.07. The first kappa shape index (κ1) is 26.8. The van der Waals surface area contributed by atoms with E-state index in [0.717, 1.165) is 77.5 Å². The lowest BCUT2D eigenvalue weighted by Gasteiger charge is -2.27. The maximum Gasteiger partial charge on any atom is 0.246 e. The van der Waals surface area contributed by atoms with Crippen LogP contribution in [0.25, 0.3) is 21.1 Å². The SMILES string of the molecule is O=C(/C=C/CN1CCOCC1)N1CCc2c(sc3ncnc(Nc4ccc5c(ccn5Cc5cccc(F)c5)c4)c23)C1. The number of morpholine rings is 1. The summed E-state index contributed by atoms with van der Waals surface area (Å²) in [5.74, 6) is 0.604. The van der Waals surface area contributed by atoms with Crippen molar-refractivity contribution in [1.29, 1.82) is 0 Å². The number of ether oxygens (including phenoxy) is 1. The number of carbonyl (C=O) groups excluding carboxylic acids is 1. The highest BCUT2D eigenvalue weighted by molar-refractivity contribution is 7.19. The highest BCUT2D eigenvalue weighted by Crippen LogP contribution is 2.38. The number of nitrogens with one attached hydrogen (secondary N) is 1. The van der Waals surface area contributed by atoms with Crippen molar-refractivity contribution in [3.8, 4) is 0 Å². The Hall–Kier alpha value is -4.12. The predicted octanol–water partition coefficient (Wildman–Crippen LogP) is 5.35. The Labute approximate surface area is 247 Å². The number of rotatable bonds is 7. The molecule has 8 nitrogen and oxygen atoms in total. The molecule has 0 radical (unpaired) electrons. The molecule has 1 saturated heterocycles. The van der Waals surface area contributed by atoms with Crippen LogP contribution in [-0.4, -0.2) is 69.6 Å². The molecule has 7 rings (SSSR count). The van der Waals surface area contributed by atoms with Crippen molar-refractivity contribution in [3.05, 3.63) is 95.0 Å². The summed E-state index contributed by atoms with van der Waals surface area (Å²) < 4.78 is 21.2. The smallest absolute Gasteiger partial charge is 0.246 e. The highest BCUT2D eigenvalue weighted by Gasteiger charge is 2.25. The summed E-state index contributed by atoms with van der Waals surface area (Å²) in [5, 5.41) is 5.65. The molecule has 0 unspecified atom stereocenters. The fraction of sp³-hybridized carbons (Fsp3) is 0.281. The third-order valence-electron chi connectivity index (χ3n) is 7.95. The van der Waals surface area contributed by atoms with Crippen molar-refractivity contribution < 1.29 is 13.9 Å². The minimum absolute atomic E-state index is 0.0495. The molecular formula is C32H31FN6O2S. The minimum Gasteiger partial charge on any atom is -0.379 e. The molecule has 0 spiro atoms. The van der Waals surface area contributed by atoms with Gasteiger partial charge in [-0.1, -0.05) is 18.2 Å². The van der Waals surface area contributed by atoms with Gasteiger partial charge < -0.3 is 19.5 Å². The van der Waals surface area contributed by atoms with Gasteiger partial charge in [0.15, 0.2) is 0 Å². The topological polar surface area (TPSA) is 75.5 Å². The van der Waals surface area contributed by atoms with E-state index < -0.39 is 0 Å².